The number of nitrogens with one attached hydrogen (secondary N) is 3. The summed E-state index contributed by atoms with van der Waals surface area (Å²) in [6, 6.07) is 51.9. The fraction of sp³-hybridized carbons (Fsp3) is 0.348. The van der Waals surface area contributed by atoms with Gasteiger partial charge in [-0.3, -0.25) is 14.4 Å². The van der Waals surface area contributed by atoms with Crippen LogP contribution in [0.3, 0.4) is 0 Å². The number of benzene rings is 7. The lowest BCUT2D eigenvalue weighted by Gasteiger charge is -2.13. The summed E-state index contributed by atoms with van der Waals surface area (Å²) < 4.78 is 17.8. The van der Waals surface area contributed by atoms with E-state index >= 15 is 0 Å². The average Bonchev–Trinajstić information content (AvgIpc) is 3.50. The number of hydrogen-bond acceptors (Lipinski definition) is 6. The van der Waals surface area contributed by atoms with Gasteiger partial charge in [0.25, 0.3) is 17.7 Å². The van der Waals surface area contributed by atoms with Crippen molar-refractivity contribution in [1.82, 2.24) is 0 Å². The molecule has 0 saturated carbocycles. The highest BCUT2D eigenvalue weighted by molar-refractivity contribution is 6.06. The highest BCUT2D eigenvalue weighted by Crippen LogP contribution is 2.35. The maximum atomic E-state index is 13.3. The number of carbonyl (C=O) groups is 3. The third-order valence-corrected chi connectivity index (χ3v) is 14.0. The van der Waals surface area contributed by atoms with E-state index < -0.39 is 0 Å². The van der Waals surface area contributed by atoms with Gasteiger partial charge in [-0.2, -0.15) is 0 Å². The molecule has 0 radical (unpaired) electrons. The number of rotatable bonds is 33. The predicted octanol–water partition coefficient (Wildman–Crippen LogP) is 18.7. The number of unbranched alkanes of at least 4 members (excludes halogenated alkanes) is 15. The Morgan fingerprint density at radius 1 is 0.282 bits per heavy atom. The number of carbonyl (C=O) groups excluding carboxylic acids is 3. The van der Waals surface area contributed by atoms with Gasteiger partial charge in [0.2, 0.25) is 0 Å². The van der Waals surface area contributed by atoms with Gasteiger partial charge in [-0.15, -0.1) is 0 Å². The van der Waals surface area contributed by atoms with Crippen molar-refractivity contribution in [2.45, 2.75) is 136 Å². The van der Waals surface area contributed by atoms with Crippen LogP contribution in [0.5, 0.6) is 17.2 Å². The van der Waals surface area contributed by atoms with Gasteiger partial charge in [0.05, 0.1) is 19.8 Å². The van der Waals surface area contributed by atoms with Crippen LogP contribution in [0.4, 0.5) is 17.1 Å². The summed E-state index contributed by atoms with van der Waals surface area (Å²) >= 11 is 0. The van der Waals surface area contributed by atoms with E-state index in [1.54, 1.807) is 36.4 Å². The topological polar surface area (TPSA) is 115 Å². The predicted molar refractivity (Wildman–Crippen MR) is 323 cm³/mol. The molecule has 78 heavy (non-hydrogen) atoms. The van der Waals surface area contributed by atoms with E-state index in [-0.39, 0.29) is 17.7 Å². The maximum absolute atomic E-state index is 13.3. The van der Waals surface area contributed by atoms with Crippen LogP contribution in [0.15, 0.2) is 164 Å². The smallest absolute Gasteiger partial charge is 0.255 e. The minimum atomic E-state index is -0.197. The van der Waals surface area contributed by atoms with Crippen LogP contribution in [0.1, 0.15) is 167 Å². The van der Waals surface area contributed by atoms with Gasteiger partial charge in [-0.1, -0.05) is 153 Å². The minimum absolute atomic E-state index is 0.197. The molecular formula is C69H81N3O6. The molecule has 0 aliphatic heterocycles. The SMILES string of the molecule is CCCCCCCCOc1ccc(C(=O)Nc2ccc(-c3cc(-c4ccc(NC(=O)c5ccc(OCCCCCCCC)cc5)cc4)cc(-c4ccc(NC(=O)c5ccc(OCCCCCCCC)cc5)cc4)c3)cc2)cc1. The van der Waals surface area contributed by atoms with Crippen LogP contribution >= 0.6 is 0 Å². The first kappa shape index (κ1) is 58.0. The van der Waals surface area contributed by atoms with E-state index in [1.807, 2.05) is 109 Å². The van der Waals surface area contributed by atoms with Crippen molar-refractivity contribution in [3.8, 4) is 50.6 Å². The quantitative estimate of drug-likeness (QED) is 0.0353. The highest BCUT2D eigenvalue weighted by atomic mass is 16.5. The number of amides is 3. The average molecular weight is 1050 g/mol. The summed E-state index contributed by atoms with van der Waals surface area (Å²) in [4.78, 5) is 40.0. The number of hydrogen-bond donors (Lipinski definition) is 3. The Morgan fingerprint density at radius 3 is 0.756 bits per heavy atom. The first-order valence-corrected chi connectivity index (χ1v) is 28.9. The van der Waals surface area contributed by atoms with Crippen LogP contribution in [0.25, 0.3) is 33.4 Å². The van der Waals surface area contributed by atoms with Gasteiger partial charge >= 0.3 is 0 Å². The Balaban J connectivity index is 1.01. The second kappa shape index (κ2) is 32.2. The lowest BCUT2D eigenvalue weighted by atomic mass is 9.93. The van der Waals surface area contributed by atoms with Gasteiger partial charge < -0.3 is 30.2 Å². The monoisotopic (exact) mass is 1050 g/mol. The molecule has 0 aliphatic carbocycles. The van der Waals surface area contributed by atoms with Crippen molar-refractivity contribution >= 4 is 34.8 Å². The summed E-state index contributed by atoms with van der Waals surface area (Å²) in [6.07, 6.45) is 21.7. The van der Waals surface area contributed by atoms with Crippen LogP contribution < -0.4 is 30.2 Å². The van der Waals surface area contributed by atoms with Crippen molar-refractivity contribution in [1.29, 1.82) is 0 Å². The Kier molecular flexibility index (Phi) is 23.9. The molecule has 0 atom stereocenters. The van der Waals surface area contributed by atoms with Crippen LogP contribution in [0.2, 0.25) is 0 Å². The first-order valence-electron chi connectivity index (χ1n) is 28.9. The van der Waals surface area contributed by atoms with Crippen LogP contribution in [0, 0.1) is 0 Å². The normalized spacial score (nSPS) is 11.0. The lowest BCUT2D eigenvalue weighted by molar-refractivity contribution is 0.101. The molecule has 3 amide bonds. The first-order chi connectivity index (χ1) is 38.3. The van der Waals surface area contributed by atoms with Gasteiger partial charge in [0.1, 0.15) is 17.2 Å². The fourth-order valence-corrected chi connectivity index (χ4v) is 9.30. The molecule has 0 spiro atoms. The molecule has 0 saturated heterocycles. The summed E-state index contributed by atoms with van der Waals surface area (Å²) in [5.74, 6) is 1.70. The second-order valence-corrected chi connectivity index (χ2v) is 20.3. The third kappa shape index (κ3) is 19.1. The van der Waals surface area contributed by atoms with Crippen LogP contribution in [-0.2, 0) is 0 Å². The molecule has 0 aliphatic rings. The van der Waals surface area contributed by atoms with Gasteiger partial charge in [-0.25, -0.2) is 0 Å². The Bertz CT molecular complexity index is 2550. The molecule has 7 aromatic rings. The molecule has 7 aromatic carbocycles. The number of anilines is 3. The molecule has 9 nitrogen and oxygen atoms in total. The minimum Gasteiger partial charge on any atom is -0.494 e. The fourth-order valence-electron chi connectivity index (χ4n) is 9.30. The third-order valence-electron chi connectivity index (χ3n) is 14.0. The largest absolute Gasteiger partial charge is 0.494 e. The van der Waals surface area contributed by atoms with E-state index in [9.17, 15) is 14.4 Å². The molecule has 9 heteroatoms. The maximum Gasteiger partial charge on any atom is 0.255 e. The number of ether oxygens (including phenoxy) is 3. The molecule has 0 aromatic heterocycles. The van der Waals surface area contributed by atoms with Crippen molar-refractivity contribution in [3.63, 3.8) is 0 Å². The zero-order valence-electron chi connectivity index (χ0n) is 46.4. The van der Waals surface area contributed by atoms with E-state index in [4.69, 9.17) is 14.2 Å². The zero-order valence-corrected chi connectivity index (χ0v) is 46.4. The standard InChI is InChI=1S/C69H81N3O6/c1-4-7-10-13-16-19-46-76-64-40-28-55(29-41-64)67(73)70-61-34-22-52(23-35-61)58-49-59(53-24-36-62(37-25-53)71-68(74)56-30-42-65(43-31-56)77-47-20-17-14-11-8-5-2)51-60(50-58)54-26-38-63(39-27-54)72-69(75)57-32-44-66(45-33-57)78-48-21-18-15-12-9-6-3/h22-45,49-51H,4-21,46-48H2,1-3H3,(H,70,73)(H,71,74)(H,72,75). The van der Waals surface area contributed by atoms with E-state index in [2.05, 4.69) is 54.9 Å². The molecule has 408 valence electrons. The van der Waals surface area contributed by atoms with Crippen molar-refractivity contribution in [3.05, 3.63) is 180 Å². The summed E-state index contributed by atoms with van der Waals surface area (Å²) in [5.41, 5.74) is 9.52. The molecule has 0 fully saturated rings. The van der Waals surface area contributed by atoms with Crippen LogP contribution in [-0.4, -0.2) is 37.5 Å². The van der Waals surface area contributed by atoms with Gasteiger partial charge in [0, 0.05) is 33.8 Å². The lowest BCUT2D eigenvalue weighted by Crippen LogP contribution is -2.11. The van der Waals surface area contributed by atoms with E-state index in [1.165, 1.54) is 77.0 Å². The van der Waals surface area contributed by atoms with Gasteiger partial charge in [0.15, 0.2) is 0 Å². The Labute approximate surface area is 464 Å². The molecule has 0 bridgehead atoms. The molecule has 0 heterocycles. The van der Waals surface area contributed by atoms with Crippen molar-refractivity contribution in [2.75, 3.05) is 35.8 Å². The summed E-state index contributed by atoms with van der Waals surface area (Å²) in [7, 11) is 0. The molecular weight excluding hydrogens is 967 g/mol. The Hall–Kier alpha value is -7.65. The summed E-state index contributed by atoms with van der Waals surface area (Å²) in [6.45, 7) is 8.69. The molecule has 3 N–H and O–H groups in total. The second-order valence-electron chi connectivity index (χ2n) is 20.3. The van der Waals surface area contributed by atoms with Gasteiger partial charge in [-0.05, 0) is 180 Å². The van der Waals surface area contributed by atoms with E-state index in [0.29, 0.717) is 53.6 Å². The summed E-state index contributed by atoms with van der Waals surface area (Å²) in [5, 5.41) is 9.15. The highest BCUT2D eigenvalue weighted by Gasteiger charge is 2.13. The van der Waals surface area contributed by atoms with Crippen molar-refractivity contribution in [2.24, 2.45) is 0 Å². The molecule has 0 unspecified atom stereocenters. The van der Waals surface area contributed by atoms with Crippen molar-refractivity contribution < 1.29 is 28.6 Å². The molecule has 7 rings (SSSR count). The zero-order chi connectivity index (χ0) is 54.6. The van der Waals surface area contributed by atoms with E-state index in [0.717, 1.165) is 89.2 Å². The Morgan fingerprint density at radius 2 is 0.513 bits per heavy atom.